The van der Waals surface area contributed by atoms with E-state index >= 15 is 0 Å². The van der Waals surface area contributed by atoms with Crippen LogP contribution in [0.1, 0.15) is 140 Å². The van der Waals surface area contributed by atoms with Gasteiger partial charge in [-0.2, -0.15) is 0 Å². The zero-order valence-corrected chi connectivity index (χ0v) is 62.0. The van der Waals surface area contributed by atoms with Crippen molar-refractivity contribution in [3.8, 4) is 45.3 Å². The lowest BCUT2D eigenvalue weighted by atomic mass is 10.0. The highest BCUT2D eigenvalue weighted by atomic mass is 35.5. The average molecular weight is 1510 g/mol. The Morgan fingerprint density at radius 3 is 1.27 bits per heavy atom. The molecule has 9 N–H and O–H groups in total. The first-order valence-corrected chi connectivity index (χ1v) is 36.2. The highest BCUT2D eigenvalue weighted by Crippen LogP contribution is 2.42. The van der Waals surface area contributed by atoms with E-state index in [0.717, 1.165) is 113 Å². The summed E-state index contributed by atoms with van der Waals surface area (Å²) in [5.74, 6) is -3.07. The monoisotopic (exact) mass is 1500 g/mol. The largest absolute Gasteiger partial charge is 0.478 e. The topological polar surface area (TPSA) is 324 Å². The summed E-state index contributed by atoms with van der Waals surface area (Å²) < 4.78 is 13.8. The molecule has 0 spiro atoms. The molecule has 0 unspecified atom stereocenters. The first-order valence-electron chi connectivity index (χ1n) is 35.8. The lowest BCUT2D eigenvalue weighted by molar-refractivity contribution is 0.0687. The second kappa shape index (κ2) is 35.0. The Morgan fingerprint density at radius 2 is 0.829 bits per heavy atom. The number of aryl methyl sites for hydroxylation is 5. The van der Waals surface area contributed by atoms with Crippen LogP contribution in [0.25, 0.3) is 45.3 Å². The molecule has 1 aliphatic heterocycles. The van der Waals surface area contributed by atoms with Gasteiger partial charge in [-0.3, -0.25) is 19.6 Å². The second-order valence-corrected chi connectivity index (χ2v) is 27.6. The summed E-state index contributed by atoms with van der Waals surface area (Å²) in [6, 6.07) is 53.9. The van der Waals surface area contributed by atoms with Crippen molar-refractivity contribution < 1.29 is 53.6 Å². The standard InChI is InChI=1S/C25H25N3O3.C24H23N3O3.C20H16FN3O2.C18H14ClN3O2/c1-16-8-9-22(21(12-16)25(30)31)27-20-13-17(2)23(26-15-20)18-6-5-7-19(14-18)24(29)28-10-3-4-11-28;1-14-6-9-21(20(10-14)24(29)30)26-19-11-15(2)22(25-13-19)16-4-3-5-17(12-16)23(28)27-18-7-8-18;21-17-4-2-1-3-15(17)19-22-10-14(11-23-19)24-18-8-7-13(12-5-6-12)9-16(18)20(25)26;1-11-6-7-16(14(8-11)18(23)24)22-12-9-20-17(21-10-12)13-4-2-3-5-15(13)19/h5-9,12-15,27H,3-4,10-11H2,1-2H3,(H,30,31);3-6,9-13,18,26H,7-8H2,1-2H3,(H,27,28)(H,29,30);1-4,7-12,24H,5-6H2,(H,25,26);2-10,22H,1H3,(H,23,24). The first-order chi connectivity index (χ1) is 53.5. The van der Waals surface area contributed by atoms with E-state index in [1.54, 1.807) is 104 Å². The molecule has 4 aromatic heterocycles. The fourth-order valence-electron chi connectivity index (χ4n) is 12.4. The number of carboxylic acid groups (broad SMARTS) is 4. The third-order valence-electron chi connectivity index (χ3n) is 18.4. The number of carboxylic acids is 4. The number of aromatic carboxylic acids is 4. The van der Waals surface area contributed by atoms with Crippen LogP contribution in [0.3, 0.4) is 0 Å². The van der Waals surface area contributed by atoms with Gasteiger partial charge in [0.25, 0.3) is 11.8 Å². The molecule has 8 aromatic carbocycles. The van der Waals surface area contributed by atoms with E-state index in [0.29, 0.717) is 85.0 Å². The normalized spacial score (nSPS) is 12.6. The van der Waals surface area contributed by atoms with Gasteiger partial charge in [0.2, 0.25) is 0 Å². The Kier molecular flexibility index (Phi) is 24.3. The van der Waals surface area contributed by atoms with Gasteiger partial charge in [-0.05, 0) is 205 Å². The third kappa shape index (κ3) is 20.0. The predicted molar refractivity (Wildman–Crippen MR) is 427 cm³/mol. The van der Waals surface area contributed by atoms with Gasteiger partial charge >= 0.3 is 23.9 Å². The second-order valence-electron chi connectivity index (χ2n) is 27.2. The van der Waals surface area contributed by atoms with E-state index in [9.17, 15) is 53.6 Å². The van der Waals surface area contributed by atoms with Crippen LogP contribution >= 0.6 is 11.6 Å². The highest BCUT2D eigenvalue weighted by molar-refractivity contribution is 6.33. The van der Waals surface area contributed by atoms with Gasteiger partial charge in [-0.1, -0.05) is 101 Å². The van der Waals surface area contributed by atoms with Gasteiger partial charge in [0.15, 0.2) is 11.6 Å². The molecule has 0 bridgehead atoms. The van der Waals surface area contributed by atoms with Crippen LogP contribution in [0.5, 0.6) is 0 Å². The number of nitrogens with one attached hydrogen (secondary N) is 5. The molecule has 0 radical (unpaired) electrons. The number of benzene rings is 8. The third-order valence-corrected chi connectivity index (χ3v) is 18.8. The molecular formula is C87H78ClFN12O10. The molecule has 2 saturated carbocycles. The molecule has 24 heteroatoms. The summed E-state index contributed by atoms with van der Waals surface area (Å²) in [5.41, 5.74) is 16.6. The van der Waals surface area contributed by atoms with Crippen LogP contribution < -0.4 is 26.6 Å². The van der Waals surface area contributed by atoms with E-state index in [-0.39, 0.29) is 39.9 Å². The zero-order chi connectivity index (χ0) is 78.4. The fraction of sp³-hybridized carbons (Fsp3) is 0.172. The summed E-state index contributed by atoms with van der Waals surface area (Å²) in [6.45, 7) is 11.1. The molecule has 2 amide bonds. The lowest BCUT2D eigenvalue weighted by Crippen LogP contribution is -2.27. The number of aromatic nitrogens is 6. The van der Waals surface area contributed by atoms with Crippen LogP contribution in [0, 0.1) is 40.4 Å². The maximum atomic E-state index is 13.8. The van der Waals surface area contributed by atoms with Gasteiger partial charge in [0.05, 0.1) is 127 Å². The van der Waals surface area contributed by atoms with Crippen molar-refractivity contribution in [2.75, 3.05) is 34.4 Å². The fourth-order valence-corrected chi connectivity index (χ4v) is 12.6. The van der Waals surface area contributed by atoms with E-state index in [1.165, 1.54) is 18.5 Å². The number of hydrogen-bond acceptors (Lipinski definition) is 16. The molecule has 111 heavy (non-hydrogen) atoms. The number of carbonyl (C=O) groups excluding carboxylic acids is 2. The molecule has 3 fully saturated rings. The Morgan fingerprint density at radius 1 is 0.423 bits per heavy atom. The molecule has 5 heterocycles. The van der Waals surface area contributed by atoms with Crippen LogP contribution in [-0.2, 0) is 0 Å². The minimum absolute atomic E-state index is 0.0594. The molecule has 1 saturated heterocycles. The summed E-state index contributed by atoms with van der Waals surface area (Å²) >= 11 is 6.14. The number of pyridine rings is 2. The van der Waals surface area contributed by atoms with Gasteiger partial charge in [-0.15, -0.1) is 0 Å². The highest BCUT2D eigenvalue weighted by Gasteiger charge is 2.27. The lowest BCUT2D eigenvalue weighted by Gasteiger charge is -2.16. The number of halogens is 2. The number of rotatable bonds is 20. The van der Waals surface area contributed by atoms with Crippen LogP contribution in [0.2, 0.25) is 5.02 Å². The molecule has 15 rings (SSSR count). The van der Waals surface area contributed by atoms with Crippen molar-refractivity contribution in [1.29, 1.82) is 0 Å². The maximum Gasteiger partial charge on any atom is 0.337 e. The molecule has 0 atom stereocenters. The van der Waals surface area contributed by atoms with Crippen molar-refractivity contribution in [2.24, 2.45) is 0 Å². The van der Waals surface area contributed by atoms with Crippen LogP contribution in [0.4, 0.5) is 49.9 Å². The van der Waals surface area contributed by atoms with Crippen molar-refractivity contribution in [3.05, 3.63) is 297 Å². The SMILES string of the molecule is Cc1ccc(Nc2cnc(-c3cccc(C(=O)N4CCCC4)c3)c(C)c2)c(C(=O)O)c1.Cc1ccc(Nc2cnc(-c3cccc(C(=O)NC4CC4)c3)c(C)c2)c(C(=O)O)c1.Cc1ccc(Nc2cnc(-c3ccccc3Cl)nc2)c(C(=O)O)c1.O=C(O)c1cc(C2CC2)ccc1Nc1cnc(-c2ccccc2F)nc1. The Hall–Kier alpha value is -13.5. The van der Waals surface area contributed by atoms with E-state index in [2.05, 4.69) is 56.5 Å². The Balaban J connectivity index is 0.000000138. The van der Waals surface area contributed by atoms with E-state index < -0.39 is 29.7 Å². The Bertz CT molecular complexity index is 5500. The van der Waals surface area contributed by atoms with Gasteiger partial charge in [-0.25, -0.2) is 43.5 Å². The van der Waals surface area contributed by atoms with Gasteiger partial charge < -0.3 is 51.9 Å². The van der Waals surface area contributed by atoms with E-state index in [1.807, 2.05) is 137 Å². The smallest absolute Gasteiger partial charge is 0.337 e. The van der Waals surface area contributed by atoms with Crippen LogP contribution in [0.15, 0.2) is 219 Å². The molecular weight excluding hydrogens is 1430 g/mol. The molecule has 3 aliphatic rings. The van der Waals surface area contributed by atoms with Crippen LogP contribution in [-0.4, -0.2) is 110 Å². The van der Waals surface area contributed by atoms with Gasteiger partial charge in [0.1, 0.15) is 5.82 Å². The molecule has 2 aliphatic carbocycles. The minimum atomic E-state index is -0.991. The molecule has 22 nitrogen and oxygen atoms in total. The summed E-state index contributed by atoms with van der Waals surface area (Å²) in [4.78, 5) is 99.1. The number of nitrogens with zero attached hydrogens (tertiary/aromatic N) is 7. The number of hydrogen-bond donors (Lipinski definition) is 9. The summed E-state index contributed by atoms with van der Waals surface area (Å²) in [5, 5.41) is 53.7. The summed E-state index contributed by atoms with van der Waals surface area (Å²) in [7, 11) is 0. The van der Waals surface area contributed by atoms with Crippen molar-refractivity contribution >= 4 is 92.8 Å². The molecule has 12 aromatic rings. The van der Waals surface area contributed by atoms with Crippen molar-refractivity contribution in [2.45, 2.75) is 85.1 Å². The summed E-state index contributed by atoms with van der Waals surface area (Å²) in [6.07, 6.45) is 16.0. The van der Waals surface area contributed by atoms with Crippen molar-refractivity contribution in [1.82, 2.24) is 40.1 Å². The number of amides is 2. The maximum absolute atomic E-state index is 13.8. The number of carbonyl (C=O) groups is 6. The van der Waals surface area contributed by atoms with E-state index in [4.69, 9.17) is 11.6 Å². The Labute approximate surface area is 644 Å². The molecule has 560 valence electrons. The number of likely N-dealkylation sites (tertiary alicyclic amines) is 1. The average Bonchev–Trinajstić information content (AvgIpc) is 1.76. The van der Waals surface area contributed by atoms with Crippen molar-refractivity contribution in [3.63, 3.8) is 0 Å². The number of anilines is 8. The zero-order valence-electron chi connectivity index (χ0n) is 61.2. The first kappa shape index (κ1) is 77.1. The minimum Gasteiger partial charge on any atom is -0.478 e. The quantitative estimate of drug-likeness (QED) is 0.0342. The predicted octanol–water partition coefficient (Wildman–Crippen LogP) is 18.9. The van der Waals surface area contributed by atoms with Gasteiger partial charge in [0, 0.05) is 46.9 Å².